The molecule has 8 nitrogen and oxygen atoms in total. The molecule has 178 valence electrons. The van der Waals surface area contributed by atoms with Crippen LogP contribution in [0.1, 0.15) is 36.3 Å². The summed E-state index contributed by atoms with van der Waals surface area (Å²) in [6, 6.07) is 25.7. The Morgan fingerprint density at radius 2 is 1.60 bits per heavy atom. The lowest BCUT2D eigenvalue weighted by Crippen LogP contribution is -2.31. The molecule has 1 atom stereocenters. The summed E-state index contributed by atoms with van der Waals surface area (Å²) < 4.78 is 1.88. The molecule has 4 rings (SSSR count). The van der Waals surface area contributed by atoms with Gasteiger partial charge in [0.1, 0.15) is 0 Å². The lowest BCUT2D eigenvalue weighted by molar-refractivity contribution is -0.384. The summed E-state index contributed by atoms with van der Waals surface area (Å²) in [5.41, 5.74) is 2.88. The zero-order valence-corrected chi connectivity index (χ0v) is 20.0. The Kier molecular flexibility index (Phi) is 7.89. The van der Waals surface area contributed by atoms with Gasteiger partial charge in [-0.1, -0.05) is 79.3 Å². The first-order valence-electron chi connectivity index (χ1n) is 11.2. The average molecular weight is 488 g/mol. The summed E-state index contributed by atoms with van der Waals surface area (Å²) in [5, 5.41) is 23.8. The van der Waals surface area contributed by atoms with Gasteiger partial charge >= 0.3 is 0 Å². The number of carbonyl (C=O) groups is 1. The van der Waals surface area contributed by atoms with Crippen LogP contribution in [0, 0.1) is 10.1 Å². The zero-order chi connectivity index (χ0) is 24.6. The molecule has 0 saturated carbocycles. The van der Waals surface area contributed by atoms with Crippen molar-refractivity contribution in [2.45, 2.75) is 36.7 Å². The van der Waals surface area contributed by atoms with E-state index >= 15 is 0 Å². The Balaban J connectivity index is 1.74. The Hall–Kier alpha value is -3.98. The number of amides is 1. The molecule has 0 spiro atoms. The smallest absolute Gasteiger partial charge is 0.269 e. The second-order valence-corrected chi connectivity index (χ2v) is 8.83. The van der Waals surface area contributed by atoms with Crippen LogP contribution in [-0.4, -0.2) is 25.6 Å². The number of carbonyl (C=O) groups excluding carboxylic acids is 1. The Morgan fingerprint density at radius 1 is 0.971 bits per heavy atom. The van der Waals surface area contributed by atoms with Crippen LogP contribution in [-0.2, 0) is 17.0 Å². The molecule has 1 amide bonds. The minimum absolute atomic E-state index is 0.00184. The van der Waals surface area contributed by atoms with Gasteiger partial charge in [-0.2, -0.15) is 0 Å². The number of thioether (sulfide) groups is 1. The van der Waals surface area contributed by atoms with E-state index in [2.05, 4.69) is 15.5 Å². The average Bonchev–Trinajstić information content (AvgIpc) is 3.32. The van der Waals surface area contributed by atoms with E-state index in [1.807, 2.05) is 65.2 Å². The van der Waals surface area contributed by atoms with Crippen molar-refractivity contribution in [1.29, 1.82) is 0 Å². The van der Waals surface area contributed by atoms with Gasteiger partial charge in [-0.05, 0) is 29.7 Å². The molecule has 0 aliphatic carbocycles. The summed E-state index contributed by atoms with van der Waals surface area (Å²) >= 11 is 1.52. The van der Waals surface area contributed by atoms with Gasteiger partial charge in [0.25, 0.3) is 5.69 Å². The van der Waals surface area contributed by atoms with Crippen LogP contribution in [0.2, 0.25) is 0 Å². The zero-order valence-electron chi connectivity index (χ0n) is 19.2. The molecule has 0 bridgehead atoms. The van der Waals surface area contributed by atoms with Gasteiger partial charge in [0.15, 0.2) is 11.0 Å². The van der Waals surface area contributed by atoms with Gasteiger partial charge in [-0.15, -0.1) is 10.2 Å². The van der Waals surface area contributed by atoms with Gasteiger partial charge in [0.05, 0.1) is 11.0 Å². The number of rotatable bonds is 10. The van der Waals surface area contributed by atoms with Crippen molar-refractivity contribution < 1.29 is 9.72 Å². The highest BCUT2D eigenvalue weighted by Gasteiger charge is 2.25. The number of nitrogens with zero attached hydrogens (tertiary/aromatic N) is 4. The molecule has 9 heteroatoms. The molecule has 1 heterocycles. The molecule has 0 aliphatic rings. The SMILES string of the molecule is CCC(=O)NC(Cc1ccccc1)c1nnc(SCc2ccccc2)n1-c1ccc([N+](=O)[O-])cc1. The fourth-order valence-electron chi connectivity index (χ4n) is 3.64. The van der Waals surface area contributed by atoms with E-state index in [9.17, 15) is 14.9 Å². The third-order valence-electron chi connectivity index (χ3n) is 5.44. The van der Waals surface area contributed by atoms with Crippen molar-refractivity contribution in [2.24, 2.45) is 0 Å². The van der Waals surface area contributed by atoms with Crippen molar-refractivity contribution in [2.75, 3.05) is 0 Å². The van der Waals surface area contributed by atoms with Crippen LogP contribution in [0.3, 0.4) is 0 Å². The number of nitro benzene ring substituents is 1. The summed E-state index contributed by atoms with van der Waals surface area (Å²) in [6.45, 7) is 1.80. The second kappa shape index (κ2) is 11.4. The van der Waals surface area contributed by atoms with Crippen LogP contribution < -0.4 is 5.32 Å². The van der Waals surface area contributed by atoms with Gasteiger partial charge in [-0.3, -0.25) is 19.5 Å². The van der Waals surface area contributed by atoms with Gasteiger partial charge in [-0.25, -0.2) is 0 Å². The number of nitrogens with one attached hydrogen (secondary N) is 1. The highest BCUT2D eigenvalue weighted by Crippen LogP contribution is 2.29. The van der Waals surface area contributed by atoms with E-state index in [1.54, 1.807) is 19.1 Å². The van der Waals surface area contributed by atoms with E-state index in [0.29, 0.717) is 35.3 Å². The summed E-state index contributed by atoms with van der Waals surface area (Å²) in [6.07, 6.45) is 0.869. The number of benzene rings is 3. The number of hydrogen-bond donors (Lipinski definition) is 1. The summed E-state index contributed by atoms with van der Waals surface area (Å²) in [7, 11) is 0. The van der Waals surface area contributed by atoms with Crippen LogP contribution in [0.15, 0.2) is 90.1 Å². The fourth-order valence-corrected chi connectivity index (χ4v) is 4.56. The molecule has 3 aromatic carbocycles. The highest BCUT2D eigenvalue weighted by atomic mass is 32.2. The topological polar surface area (TPSA) is 103 Å². The fraction of sp³-hybridized carbons (Fsp3) is 0.192. The predicted octanol–water partition coefficient (Wildman–Crippen LogP) is 5.28. The van der Waals surface area contributed by atoms with Crippen LogP contribution in [0.4, 0.5) is 5.69 Å². The monoisotopic (exact) mass is 487 g/mol. The van der Waals surface area contributed by atoms with E-state index in [1.165, 1.54) is 23.9 Å². The van der Waals surface area contributed by atoms with Gasteiger partial charge < -0.3 is 5.32 Å². The Bertz CT molecular complexity index is 1280. The second-order valence-electron chi connectivity index (χ2n) is 7.89. The van der Waals surface area contributed by atoms with E-state index in [0.717, 1.165) is 11.1 Å². The maximum absolute atomic E-state index is 12.4. The quantitative estimate of drug-likeness (QED) is 0.185. The predicted molar refractivity (Wildman–Crippen MR) is 135 cm³/mol. The van der Waals surface area contributed by atoms with E-state index in [-0.39, 0.29) is 11.6 Å². The summed E-state index contributed by atoms with van der Waals surface area (Å²) in [4.78, 5) is 23.2. The standard InChI is InChI=1S/C26H25N5O3S/c1-2-24(32)27-23(17-19-9-5-3-6-10-19)25-28-29-26(35-18-20-11-7-4-8-12-20)30(25)21-13-15-22(16-14-21)31(33)34/h3-16,23H,2,17-18H2,1H3,(H,27,32). The molecule has 0 fully saturated rings. The van der Waals surface area contributed by atoms with Crippen molar-refractivity contribution in [1.82, 2.24) is 20.1 Å². The third kappa shape index (κ3) is 6.13. The first-order chi connectivity index (χ1) is 17.0. The Morgan fingerprint density at radius 3 is 2.20 bits per heavy atom. The first kappa shape index (κ1) is 24.2. The molecule has 0 saturated heterocycles. The summed E-state index contributed by atoms with van der Waals surface area (Å²) in [5.74, 6) is 1.15. The van der Waals surface area contributed by atoms with Crippen LogP contribution in [0.5, 0.6) is 0 Å². The maximum atomic E-state index is 12.4. The molecule has 0 aliphatic heterocycles. The van der Waals surface area contributed by atoms with Gasteiger partial charge in [0.2, 0.25) is 5.91 Å². The lowest BCUT2D eigenvalue weighted by atomic mass is 10.0. The normalized spacial score (nSPS) is 11.7. The molecule has 35 heavy (non-hydrogen) atoms. The van der Waals surface area contributed by atoms with E-state index < -0.39 is 11.0 Å². The van der Waals surface area contributed by atoms with Crippen molar-refractivity contribution >= 4 is 23.4 Å². The Labute approximate surface area is 207 Å². The van der Waals surface area contributed by atoms with Crippen molar-refractivity contribution in [3.8, 4) is 5.69 Å². The number of aromatic nitrogens is 3. The molecule has 1 unspecified atom stereocenters. The minimum atomic E-state index is -0.432. The molecule has 1 aromatic heterocycles. The third-order valence-corrected chi connectivity index (χ3v) is 6.44. The van der Waals surface area contributed by atoms with Crippen molar-refractivity contribution in [3.05, 3.63) is 112 Å². The molecule has 4 aromatic rings. The van der Waals surface area contributed by atoms with Crippen molar-refractivity contribution in [3.63, 3.8) is 0 Å². The number of nitro groups is 1. The number of hydrogen-bond acceptors (Lipinski definition) is 6. The molecular weight excluding hydrogens is 462 g/mol. The number of non-ortho nitro benzene ring substituents is 1. The van der Waals surface area contributed by atoms with Crippen LogP contribution in [0.25, 0.3) is 5.69 Å². The lowest BCUT2D eigenvalue weighted by Gasteiger charge is -2.20. The van der Waals surface area contributed by atoms with Crippen LogP contribution >= 0.6 is 11.8 Å². The molecule has 1 N–H and O–H groups in total. The van der Waals surface area contributed by atoms with E-state index in [4.69, 9.17) is 0 Å². The van der Waals surface area contributed by atoms with Gasteiger partial charge in [0, 0.05) is 30.0 Å². The maximum Gasteiger partial charge on any atom is 0.269 e. The molecule has 0 radical (unpaired) electrons. The highest BCUT2D eigenvalue weighted by molar-refractivity contribution is 7.98. The molecular formula is C26H25N5O3S. The minimum Gasteiger partial charge on any atom is -0.346 e. The largest absolute Gasteiger partial charge is 0.346 e. The first-order valence-corrected chi connectivity index (χ1v) is 12.2.